The van der Waals surface area contributed by atoms with E-state index in [1.54, 1.807) is 0 Å². The van der Waals surface area contributed by atoms with Crippen LogP contribution in [0.5, 0.6) is 5.75 Å². The lowest BCUT2D eigenvalue weighted by atomic mass is 10.2. The highest BCUT2D eigenvalue weighted by atomic mass is 16.5. The molecule has 0 saturated heterocycles. The van der Waals surface area contributed by atoms with Gasteiger partial charge in [0, 0.05) is 6.04 Å². The smallest absolute Gasteiger partial charge is 0.239 e. The Hall–Kier alpha value is -2.04. The van der Waals surface area contributed by atoms with Crippen molar-refractivity contribution < 1.29 is 14.3 Å². The van der Waals surface area contributed by atoms with Crippen molar-refractivity contribution in [2.75, 3.05) is 13.2 Å². The molecule has 2 amide bonds. The lowest BCUT2D eigenvalue weighted by molar-refractivity contribution is -0.126. The number of rotatable bonds is 7. The van der Waals surface area contributed by atoms with E-state index < -0.39 is 0 Å². The molecule has 20 heavy (non-hydrogen) atoms. The highest BCUT2D eigenvalue weighted by molar-refractivity contribution is 5.84. The molecule has 2 rings (SSSR count). The monoisotopic (exact) mass is 276 g/mol. The van der Waals surface area contributed by atoms with E-state index in [2.05, 4.69) is 10.6 Å². The molecule has 0 unspecified atom stereocenters. The van der Waals surface area contributed by atoms with Gasteiger partial charge < -0.3 is 15.4 Å². The summed E-state index contributed by atoms with van der Waals surface area (Å²) in [5, 5.41) is 5.40. The average Bonchev–Trinajstić information content (AvgIpc) is 3.22. The van der Waals surface area contributed by atoms with E-state index in [9.17, 15) is 9.59 Å². The van der Waals surface area contributed by atoms with Gasteiger partial charge in [0.1, 0.15) is 5.75 Å². The fourth-order valence-electron chi connectivity index (χ4n) is 1.75. The summed E-state index contributed by atoms with van der Waals surface area (Å²) < 4.78 is 5.53. The molecule has 0 aromatic heterocycles. The molecule has 0 radical (unpaired) electrons. The Kier molecular flexibility index (Phi) is 4.98. The van der Waals surface area contributed by atoms with Gasteiger partial charge in [-0.3, -0.25) is 9.59 Å². The standard InChI is InChI=1S/C15H20N2O3/c1-11-4-2-3-5-13(11)20-9-8-14(18)16-10-15(19)17-12-6-7-12/h2-5,12H,6-10H2,1H3,(H,16,18)(H,17,19). The van der Waals surface area contributed by atoms with Gasteiger partial charge in [0.25, 0.3) is 0 Å². The first-order chi connectivity index (χ1) is 9.65. The van der Waals surface area contributed by atoms with E-state index in [4.69, 9.17) is 4.74 Å². The summed E-state index contributed by atoms with van der Waals surface area (Å²) >= 11 is 0. The Morgan fingerprint density at radius 3 is 2.70 bits per heavy atom. The van der Waals surface area contributed by atoms with Crippen molar-refractivity contribution in [2.45, 2.75) is 32.2 Å². The van der Waals surface area contributed by atoms with Gasteiger partial charge in [0.05, 0.1) is 19.6 Å². The van der Waals surface area contributed by atoms with Gasteiger partial charge in [0.2, 0.25) is 11.8 Å². The number of ether oxygens (including phenoxy) is 1. The van der Waals surface area contributed by atoms with Gasteiger partial charge >= 0.3 is 0 Å². The van der Waals surface area contributed by atoms with Crippen LogP contribution in [-0.4, -0.2) is 31.0 Å². The van der Waals surface area contributed by atoms with Crippen LogP contribution in [0.25, 0.3) is 0 Å². The molecule has 1 aromatic rings. The first kappa shape index (κ1) is 14.4. The van der Waals surface area contributed by atoms with Crippen molar-refractivity contribution >= 4 is 11.8 Å². The zero-order valence-electron chi connectivity index (χ0n) is 11.6. The Bertz CT molecular complexity index is 484. The highest BCUT2D eigenvalue weighted by Crippen LogP contribution is 2.18. The van der Waals surface area contributed by atoms with E-state index in [0.29, 0.717) is 12.6 Å². The zero-order chi connectivity index (χ0) is 14.4. The van der Waals surface area contributed by atoms with Crippen molar-refractivity contribution in [2.24, 2.45) is 0 Å². The van der Waals surface area contributed by atoms with Crippen LogP contribution < -0.4 is 15.4 Å². The minimum absolute atomic E-state index is 0.0414. The topological polar surface area (TPSA) is 67.4 Å². The van der Waals surface area contributed by atoms with Gasteiger partial charge in [-0.25, -0.2) is 0 Å². The molecule has 0 spiro atoms. The van der Waals surface area contributed by atoms with Crippen molar-refractivity contribution in [3.8, 4) is 5.75 Å². The minimum atomic E-state index is -0.176. The predicted molar refractivity (Wildman–Crippen MR) is 75.5 cm³/mol. The Morgan fingerprint density at radius 1 is 1.25 bits per heavy atom. The Balaban J connectivity index is 1.60. The summed E-state index contributed by atoms with van der Waals surface area (Å²) in [7, 11) is 0. The van der Waals surface area contributed by atoms with Gasteiger partial charge in [-0.15, -0.1) is 0 Å². The van der Waals surface area contributed by atoms with E-state index in [0.717, 1.165) is 24.2 Å². The Morgan fingerprint density at radius 2 is 2.00 bits per heavy atom. The maximum Gasteiger partial charge on any atom is 0.239 e. The van der Waals surface area contributed by atoms with Crippen LogP contribution in [0.15, 0.2) is 24.3 Å². The molecule has 5 nitrogen and oxygen atoms in total. The SMILES string of the molecule is Cc1ccccc1OCCC(=O)NCC(=O)NC1CC1. The van der Waals surface area contributed by atoms with Crippen molar-refractivity contribution in [3.63, 3.8) is 0 Å². The number of amides is 2. The van der Waals surface area contributed by atoms with Gasteiger partial charge in [-0.2, -0.15) is 0 Å². The first-order valence-electron chi connectivity index (χ1n) is 6.89. The molecule has 1 aliphatic rings. The summed E-state index contributed by atoms with van der Waals surface area (Å²) in [5.74, 6) is 0.483. The number of aryl methyl sites for hydroxylation is 1. The fourth-order valence-corrected chi connectivity index (χ4v) is 1.75. The highest BCUT2D eigenvalue weighted by Gasteiger charge is 2.23. The van der Waals surface area contributed by atoms with Crippen LogP contribution in [0, 0.1) is 6.92 Å². The molecule has 1 fully saturated rings. The Labute approximate surface area is 118 Å². The molecule has 1 aliphatic carbocycles. The third-order valence-electron chi connectivity index (χ3n) is 3.07. The molecule has 2 N–H and O–H groups in total. The van der Waals surface area contributed by atoms with Crippen LogP contribution in [0.2, 0.25) is 0 Å². The molecule has 0 aliphatic heterocycles. The number of hydrogen-bond donors (Lipinski definition) is 2. The minimum Gasteiger partial charge on any atom is -0.493 e. The van der Waals surface area contributed by atoms with Gasteiger partial charge in [-0.05, 0) is 31.4 Å². The first-order valence-corrected chi connectivity index (χ1v) is 6.89. The molecule has 0 atom stereocenters. The molecule has 1 saturated carbocycles. The molecule has 0 heterocycles. The van der Waals surface area contributed by atoms with E-state index in [1.165, 1.54) is 0 Å². The molecular weight excluding hydrogens is 256 g/mol. The van der Waals surface area contributed by atoms with Crippen molar-refractivity contribution in [1.29, 1.82) is 0 Å². The van der Waals surface area contributed by atoms with Gasteiger partial charge in [-0.1, -0.05) is 18.2 Å². The fraction of sp³-hybridized carbons (Fsp3) is 0.467. The third-order valence-corrected chi connectivity index (χ3v) is 3.07. The van der Waals surface area contributed by atoms with Crippen molar-refractivity contribution in [1.82, 2.24) is 10.6 Å². The van der Waals surface area contributed by atoms with Crippen LogP contribution in [-0.2, 0) is 9.59 Å². The number of carbonyl (C=O) groups is 2. The molecule has 1 aromatic carbocycles. The largest absolute Gasteiger partial charge is 0.493 e. The molecule has 5 heteroatoms. The molecule has 0 bridgehead atoms. The number of carbonyl (C=O) groups excluding carboxylic acids is 2. The van der Waals surface area contributed by atoms with Crippen LogP contribution in [0.3, 0.4) is 0 Å². The zero-order valence-corrected chi connectivity index (χ0v) is 11.6. The normalized spacial score (nSPS) is 13.7. The number of para-hydroxylation sites is 1. The lowest BCUT2D eigenvalue weighted by Crippen LogP contribution is -2.38. The number of nitrogens with one attached hydrogen (secondary N) is 2. The van der Waals surface area contributed by atoms with E-state index in [-0.39, 0.29) is 24.8 Å². The third kappa shape index (κ3) is 4.91. The summed E-state index contributed by atoms with van der Waals surface area (Å²) in [6, 6.07) is 7.98. The van der Waals surface area contributed by atoms with Crippen molar-refractivity contribution in [3.05, 3.63) is 29.8 Å². The number of hydrogen-bond acceptors (Lipinski definition) is 3. The number of benzene rings is 1. The predicted octanol–water partition coefficient (Wildman–Crippen LogP) is 1.16. The second-order valence-corrected chi connectivity index (χ2v) is 4.98. The van der Waals surface area contributed by atoms with E-state index in [1.807, 2.05) is 31.2 Å². The van der Waals surface area contributed by atoms with Gasteiger partial charge in [0.15, 0.2) is 0 Å². The van der Waals surface area contributed by atoms with Crippen LogP contribution in [0.4, 0.5) is 0 Å². The molecular formula is C15H20N2O3. The summed E-state index contributed by atoms with van der Waals surface area (Å²) in [5.41, 5.74) is 1.04. The lowest BCUT2D eigenvalue weighted by Gasteiger charge is -2.09. The quantitative estimate of drug-likeness (QED) is 0.785. The van der Waals surface area contributed by atoms with Crippen LogP contribution in [0.1, 0.15) is 24.8 Å². The summed E-state index contributed by atoms with van der Waals surface area (Å²) in [4.78, 5) is 22.9. The molecule has 108 valence electrons. The summed E-state index contributed by atoms with van der Waals surface area (Å²) in [6.07, 6.45) is 2.33. The summed E-state index contributed by atoms with van der Waals surface area (Å²) in [6.45, 7) is 2.30. The average molecular weight is 276 g/mol. The second kappa shape index (κ2) is 6.93. The van der Waals surface area contributed by atoms with Crippen LogP contribution >= 0.6 is 0 Å². The maximum atomic E-state index is 11.6. The maximum absolute atomic E-state index is 11.6. The second-order valence-electron chi connectivity index (χ2n) is 4.98. The van der Waals surface area contributed by atoms with E-state index >= 15 is 0 Å².